The molecule has 1 heterocycles. The van der Waals surface area contributed by atoms with E-state index in [9.17, 15) is 18.7 Å². The van der Waals surface area contributed by atoms with Gasteiger partial charge in [0.25, 0.3) is 0 Å². The number of ether oxygens (including phenoxy) is 1. The molecule has 1 aliphatic heterocycles. The molecular weight excluding hydrogens is 527 g/mol. The minimum atomic E-state index is -1.31. The lowest BCUT2D eigenvalue weighted by Crippen LogP contribution is -2.26. The van der Waals surface area contributed by atoms with E-state index < -0.39 is 18.0 Å². The molecular formula is C31H31ClF3NO3. The third-order valence-corrected chi connectivity index (χ3v) is 8.00. The number of fused-ring (bicyclic) bond motifs is 1. The molecule has 2 aliphatic carbocycles. The fourth-order valence-electron chi connectivity index (χ4n) is 5.77. The fraction of sp³-hybridized carbons (Fsp3) is 0.387. The van der Waals surface area contributed by atoms with Gasteiger partial charge in [-0.25, -0.2) is 13.6 Å². The number of rotatable bonds is 8. The van der Waals surface area contributed by atoms with Gasteiger partial charge in [0.2, 0.25) is 0 Å². The Hall–Kier alpha value is -3.03. The Morgan fingerprint density at radius 2 is 1.95 bits per heavy atom. The van der Waals surface area contributed by atoms with Crippen molar-refractivity contribution in [3.8, 4) is 5.75 Å². The van der Waals surface area contributed by atoms with Crippen LogP contribution in [0.3, 0.4) is 0 Å². The van der Waals surface area contributed by atoms with Crippen molar-refractivity contribution >= 4 is 23.1 Å². The fourth-order valence-corrected chi connectivity index (χ4v) is 6.10. The molecule has 39 heavy (non-hydrogen) atoms. The van der Waals surface area contributed by atoms with E-state index in [0.29, 0.717) is 47.6 Å². The maximum atomic E-state index is 15.4. The van der Waals surface area contributed by atoms with Gasteiger partial charge in [0.15, 0.2) is 0 Å². The van der Waals surface area contributed by atoms with Gasteiger partial charge in [0.1, 0.15) is 23.8 Å². The number of aromatic carboxylic acids is 1. The zero-order chi connectivity index (χ0) is 27.5. The standard InChI is InChI=1S/C31H31ClF3NO3/c32-28-17-20(34)7-10-23(28)24-3-1-4-26-25(11-12-27(30(26)35)31(37)38)29(24)19-5-8-21(9-6-19)39-22-13-16-36(18-22)15-2-14-33/h5-12,20,22H,1-4,13-18H2,(H,37,38). The van der Waals surface area contributed by atoms with Gasteiger partial charge in [-0.1, -0.05) is 35.9 Å². The Labute approximate surface area is 231 Å². The third-order valence-electron chi connectivity index (χ3n) is 7.64. The molecule has 0 saturated carbocycles. The molecule has 1 saturated heterocycles. The Morgan fingerprint density at radius 1 is 1.15 bits per heavy atom. The molecule has 2 aromatic rings. The average molecular weight is 558 g/mol. The predicted octanol–water partition coefficient (Wildman–Crippen LogP) is 7.27. The molecule has 3 aliphatic rings. The zero-order valence-electron chi connectivity index (χ0n) is 21.6. The van der Waals surface area contributed by atoms with E-state index in [2.05, 4.69) is 4.90 Å². The van der Waals surface area contributed by atoms with Gasteiger partial charge in [-0.2, -0.15) is 0 Å². The SMILES string of the molecule is O=C(O)c1ccc2c(c1F)CCCC(C1=C(Cl)CC(F)C=C1)=C2c1ccc(OC2CCN(CCCF)C2)cc1. The van der Waals surface area contributed by atoms with Crippen molar-refractivity contribution < 1.29 is 27.8 Å². The summed E-state index contributed by atoms with van der Waals surface area (Å²) in [6.07, 6.45) is 5.08. The number of carbonyl (C=O) groups is 1. The summed E-state index contributed by atoms with van der Waals surface area (Å²) in [6.45, 7) is 2.03. The van der Waals surface area contributed by atoms with Crippen LogP contribution in [-0.2, 0) is 6.42 Å². The number of benzene rings is 2. The average Bonchev–Trinajstić information content (AvgIpc) is 3.26. The van der Waals surface area contributed by atoms with E-state index in [1.54, 1.807) is 12.1 Å². The Bertz CT molecular complexity index is 1340. The molecule has 8 heteroatoms. The lowest BCUT2D eigenvalue weighted by molar-refractivity contribution is 0.0691. The number of halogens is 4. The maximum absolute atomic E-state index is 15.4. The van der Waals surface area contributed by atoms with E-state index in [0.717, 1.165) is 48.3 Å². The molecule has 0 radical (unpaired) electrons. The van der Waals surface area contributed by atoms with E-state index in [-0.39, 0.29) is 24.8 Å². The van der Waals surface area contributed by atoms with Crippen molar-refractivity contribution in [2.24, 2.45) is 0 Å². The molecule has 5 rings (SSSR count). The van der Waals surface area contributed by atoms with Crippen LogP contribution in [0.2, 0.25) is 0 Å². The van der Waals surface area contributed by atoms with Gasteiger partial charge in [-0.15, -0.1) is 0 Å². The quantitative estimate of drug-likeness (QED) is 0.371. The van der Waals surface area contributed by atoms with Gasteiger partial charge in [-0.3, -0.25) is 9.29 Å². The summed E-state index contributed by atoms with van der Waals surface area (Å²) in [5, 5.41) is 9.91. The molecule has 1 N–H and O–H groups in total. The molecule has 2 atom stereocenters. The van der Waals surface area contributed by atoms with Gasteiger partial charge in [0, 0.05) is 31.1 Å². The summed E-state index contributed by atoms with van der Waals surface area (Å²) in [6, 6.07) is 10.5. The highest BCUT2D eigenvalue weighted by atomic mass is 35.5. The maximum Gasteiger partial charge on any atom is 0.338 e. The number of carboxylic acids is 1. The largest absolute Gasteiger partial charge is 0.489 e. The molecule has 0 amide bonds. The molecule has 4 nitrogen and oxygen atoms in total. The van der Waals surface area contributed by atoms with E-state index in [1.807, 2.05) is 24.3 Å². The van der Waals surface area contributed by atoms with Crippen molar-refractivity contribution in [3.05, 3.63) is 92.8 Å². The van der Waals surface area contributed by atoms with Crippen molar-refractivity contribution in [1.29, 1.82) is 0 Å². The van der Waals surface area contributed by atoms with Crippen LogP contribution in [0.25, 0.3) is 5.57 Å². The van der Waals surface area contributed by atoms with Crippen LogP contribution in [0, 0.1) is 5.82 Å². The lowest BCUT2D eigenvalue weighted by atomic mass is 9.85. The second-order valence-corrected chi connectivity index (χ2v) is 10.7. The monoisotopic (exact) mass is 557 g/mol. The molecule has 2 unspecified atom stereocenters. The van der Waals surface area contributed by atoms with Crippen LogP contribution in [0.5, 0.6) is 5.75 Å². The van der Waals surface area contributed by atoms with Gasteiger partial charge >= 0.3 is 5.97 Å². The van der Waals surface area contributed by atoms with Crippen LogP contribution >= 0.6 is 11.6 Å². The van der Waals surface area contributed by atoms with Crippen molar-refractivity contribution in [2.45, 2.75) is 50.8 Å². The molecule has 1 fully saturated rings. The lowest BCUT2D eigenvalue weighted by Gasteiger charge is -2.21. The first kappa shape index (κ1) is 27.5. The van der Waals surface area contributed by atoms with Crippen LogP contribution in [-0.4, -0.2) is 54.6 Å². The number of hydrogen-bond acceptors (Lipinski definition) is 3. The van der Waals surface area contributed by atoms with Crippen molar-refractivity contribution in [2.75, 3.05) is 26.3 Å². The predicted molar refractivity (Wildman–Crippen MR) is 146 cm³/mol. The van der Waals surface area contributed by atoms with Gasteiger partial charge in [0.05, 0.1) is 12.2 Å². The van der Waals surface area contributed by atoms with E-state index >= 15 is 4.39 Å². The van der Waals surface area contributed by atoms with Crippen LogP contribution in [0.15, 0.2) is 64.7 Å². The molecule has 0 aromatic heterocycles. The first-order chi connectivity index (χ1) is 18.9. The molecule has 206 valence electrons. The molecule has 0 bridgehead atoms. The number of nitrogens with zero attached hydrogens (tertiary/aromatic N) is 1. The summed E-state index contributed by atoms with van der Waals surface area (Å²) in [5.74, 6) is -1.33. The number of hydrogen-bond donors (Lipinski definition) is 1. The molecule has 0 spiro atoms. The summed E-state index contributed by atoms with van der Waals surface area (Å²) >= 11 is 6.56. The highest BCUT2D eigenvalue weighted by molar-refractivity contribution is 6.30. The minimum absolute atomic E-state index is 0.0253. The number of carboxylic acid groups (broad SMARTS) is 1. The Morgan fingerprint density at radius 3 is 2.67 bits per heavy atom. The van der Waals surface area contributed by atoms with E-state index in [1.165, 1.54) is 12.1 Å². The summed E-state index contributed by atoms with van der Waals surface area (Å²) in [5.41, 5.74) is 3.82. The second kappa shape index (κ2) is 12.0. The highest BCUT2D eigenvalue weighted by Crippen LogP contribution is 2.43. The summed E-state index contributed by atoms with van der Waals surface area (Å²) in [7, 11) is 0. The van der Waals surface area contributed by atoms with Crippen molar-refractivity contribution in [1.82, 2.24) is 4.90 Å². The van der Waals surface area contributed by atoms with Gasteiger partial charge in [-0.05, 0) is 89.8 Å². The summed E-state index contributed by atoms with van der Waals surface area (Å²) < 4.78 is 48.2. The first-order valence-corrected chi connectivity index (χ1v) is 13.8. The number of likely N-dealkylation sites (tertiary alicyclic amines) is 1. The smallest absolute Gasteiger partial charge is 0.338 e. The van der Waals surface area contributed by atoms with Crippen LogP contribution in [0.1, 0.15) is 59.2 Å². The normalized spacial score (nSPS) is 21.7. The second-order valence-electron chi connectivity index (χ2n) is 10.3. The summed E-state index contributed by atoms with van der Waals surface area (Å²) in [4.78, 5) is 13.8. The van der Waals surface area contributed by atoms with Crippen LogP contribution in [0.4, 0.5) is 13.2 Å². The highest BCUT2D eigenvalue weighted by Gasteiger charge is 2.28. The zero-order valence-corrected chi connectivity index (χ0v) is 22.3. The van der Waals surface area contributed by atoms with Crippen molar-refractivity contribution in [3.63, 3.8) is 0 Å². The topological polar surface area (TPSA) is 49.8 Å². The number of alkyl halides is 2. The Kier molecular flexibility index (Phi) is 8.48. The number of allylic oxidation sites excluding steroid dienone is 5. The Balaban J connectivity index is 1.52. The van der Waals surface area contributed by atoms with Crippen LogP contribution < -0.4 is 4.74 Å². The molecule has 2 aromatic carbocycles. The minimum Gasteiger partial charge on any atom is -0.489 e. The van der Waals surface area contributed by atoms with E-state index in [4.69, 9.17) is 16.3 Å². The third kappa shape index (κ3) is 5.94. The van der Waals surface area contributed by atoms with Gasteiger partial charge < -0.3 is 9.84 Å². The first-order valence-electron chi connectivity index (χ1n) is 13.4.